The maximum atomic E-state index is 12.9. The lowest BCUT2D eigenvalue weighted by Gasteiger charge is -2.11. The van der Waals surface area contributed by atoms with E-state index in [1.165, 1.54) is 82.8 Å². The summed E-state index contributed by atoms with van der Waals surface area (Å²) in [4.78, 5) is 12.9. The highest BCUT2D eigenvalue weighted by Crippen LogP contribution is 2.26. The van der Waals surface area contributed by atoms with Gasteiger partial charge in [-0.25, -0.2) is 0 Å². The number of hydrogen-bond donors (Lipinski definition) is 2. The number of aryl methyl sites for hydroxylation is 1. The zero-order valence-electron chi connectivity index (χ0n) is 19.2. The highest BCUT2D eigenvalue weighted by molar-refractivity contribution is 6.11. The summed E-state index contributed by atoms with van der Waals surface area (Å²) in [5.41, 5.74) is 1.78. The molecule has 0 aliphatic heterocycles. The molecule has 0 saturated heterocycles. The number of rotatable bonds is 16. The lowest BCUT2D eigenvalue weighted by atomic mass is 9.94. The molecule has 2 rings (SSSR count). The van der Waals surface area contributed by atoms with Crippen molar-refractivity contribution in [1.29, 1.82) is 0 Å². The van der Waals surface area contributed by atoms with E-state index in [0.29, 0.717) is 11.1 Å². The van der Waals surface area contributed by atoms with Gasteiger partial charge in [-0.15, -0.1) is 0 Å². The summed E-state index contributed by atoms with van der Waals surface area (Å²) in [5.74, 6) is -0.0332. The number of phenolic OH excluding ortho intramolecular Hbond substituents is 2. The van der Waals surface area contributed by atoms with Gasteiger partial charge in [0.1, 0.15) is 11.5 Å². The van der Waals surface area contributed by atoms with Gasteiger partial charge in [0.25, 0.3) is 0 Å². The molecule has 0 aliphatic carbocycles. The molecule has 0 heterocycles. The number of carbonyl (C=O) groups is 1. The van der Waals surface area contributed by atoms with Crippen LogP contribution in [0.2, 0.25) is 0 Å². The van der Waals surface area contributed by atoms with Crippen molar-refractivity contribution in [3.05, 3.63) is 59.2 Å². The van der Waals surface area contributed by atoms with E-state index in [1.807, 2.05) is 6.07 Å². The van der Waals surface area contributed by atoms with Crippen molar-refractivity contribution in [3.63, 3.8) is 0 Å². The molecule has 0 aromatic heterocycles. The minimum atomic E-state index is -0.192. The zero-order valence-corrected chi connectivity index (χ0v) is 19.2. The van der Waals surface area contributed by atoms with Gasteiger partial charge in [-0.3, -0.25) is 4.79 Å². The topological polar surface area (TPSA) is 57.5 Å². The van der Waals surface area contributed by atoms with Crippen LogP contribution in [0.5, 0.6) is 11.5 Å². The van der Waals surface area contributed by atoms with E-state index in [-0.39, 0.29) is 17.3 Å². The molecule has 0 amide bonds. The number of carbonyl (C=O) groups excluding carboxylic acids is 1. The number of hydrogen-bond acceptors (Lipinski definition) is 3. The maximum Gasteiger partial charge on any atom is 0.197 e. The monoisotopic (exact) mass is 424 g/mol. The molecule has 3 heteroatoms. The van der Waals surface area contributed by atoms with E-state index in [9.17, 15) is 15.0 Å². The van der Waals surface area contributed by atoms with Crippen LogP contribution in [0, 0.1) is 0 Å². The van der Waals surface area contributed by atoms with Crippen LogP contribution in [-0.2, 0) is 6.42 Å². The van der Waals surface area contributed by atoms with Gasteiger partial charge in [-0.05, 0) is 48.7 Å². The summed E-state index contributed by atoms with van der Waals surface area (Å²) in [5, 5.41) is 19.8. The SMILES string of the molecule is CCCCCCCCCCCCCCCc1cccc(O)c1C(=O)c1ccc(O)cc1. The second-order valence-electron chi connectivity index (χ2n) is 8.68. The van der Waals surface area contributed by atoms with E-state index in [4.69, 9.17) is 0 Å². The number of benzene rings is 2. The van der Waals surface area contributed by atoms with Gasteiger partial charge in [-0.2, -0.15) is 0 Å². The van der Waals surface area contributed by atoms with Crippen molar-refractivity contribution in [2.75, 3.05) is 0 Å². The summed E-state index contributed by atoms with van der Waals surface area (Å²) in [6.07, 6.45) is 17.8. The largest absolute Gasteiger partial charge is 0.508 e. The van der Waals surface area contributed by atoms with E-state index in [0.717, 1.165) is 24.8 Å². The van der Waals surface area contributed by atoms with Crippen LogP contribution in [-0.4, -0.2) is 16.0 Å². The molecule has 31 heavy (non-hydrogen) atoms. The van der Waals surface area contributed by atoms with E-state index < -0.39 is 0 Å². The Morgan fingerprint density at radius 3 is 1.74 bits per heavy atom. The third kappa shape index (κ3) is 9.16. The Morgan fingerprint density at radius 1 is 0.677 bits per heavy atom. The Kier molecular flexibility index (Phi) is 11.8. The fourth-order valence-corrected chi connectivity index (χ4v) is 4.15. The van der Waals surface area contributed by atoms with Gasteiger partial charge in [0.15, 0.2) is 5.78 Å². The fourth-order valence-electron chi connectivity index (χ4n) is 4.15. The number of unbranched alkanes of at least 4 members (excludes halogenated alkanes) is 12. The van der Waals surface area contributed by atoms with Crippen molar-refractivity contribution in [3.8, 4) is 11.5 Å². The molecule has 2 aromatic rings. The Labute approximate surface area is 188 Å². The minimum Gasteiger partial charge on any atom is -0.508 e. The molecule has 2 aromatic carbocycles. The van der Waals surface area contributed by atoms with Crippen LogP contribution < -0.4 is 0 Å². The molecule has 170 valence electrons. The predicted molar refractivity (Wildman–Crippen MR) is 129 cm³/mol. The second-order valence-corrected chi connectivity index (χ2v) is 8.68. The molecule has 2 N–H and O–H groups in total. The van der Waals surface area contributed by atoms with Crippen molar-refractivity contribution in [2.24, 2.45) is 0 Å². The molecule has 0 aliphatic rings. The minimum absolute atomic E-state index is 0.0327. The first-order valence-electron chi connectivity index (χ1n) is 12.3. The molecule has 0 fully saturated rings. The number of phenols is 2. The molecule has 0 atom stereocenters. The van der Waals surface area contributed by atoms with Crippen molar-refractivity contribution >= 4 is 5.78 Å². The Balaban J connectivity index is 1.67. The number of aromatic hydroxyl groups is 2. The summed E-state index contributed by atoms with van der Waals surface area (Å²) >= 11 is 0. The average Bonchev–Trinajstić information content (AvgIpc) is 2.77. The van der Waals surface area contributed by atoms with Gasteiger partial charge < -0.3 is 10.2 Å². The summed E-state index contributed by atoms with van der Waals surface area (Å²) < 4.78 is 0. The lowest BCUT2D eigenvalue weighted by Crippen LogP contribution is -2.06. The first-order valence-corrected chi connectivity index (χ1v) is 12.3. The van der Waals surface area contributed by atoms with E-state index in [2.05, 4.69) is 6.92 Å². The summed E-state index contributed by atoms with van der Waals surface area (Å²) in [7, 11) is 0. The molecule has 0 saturated carbocycles. The van der Waals surface area contributed by atoms with Gasteiger partial charge in [0.05, 0.1) is 5.56 Å². The highest BCUT2D eigenvalue weighted by Gasteiger charge is 2.17. The average molecular weight is 425 g/mol. The van der Waals surface area contributed by atoms with Crippen molar-refractivity contribution in [1.82, 2.24) is 0 Å². The zero-order chi connectivity index (χ0) is 22.3. The molecular weight excluding hydrogens is 384 g/mol. The van der Waals surface area contributed by atoms with E-state index >= 15 is 0 Å². The van der Waals surface area contributed by atoms with Gasteiger partial charge in [0, 0.05) is 5.56 Å². The van der Waals surface area contributed by atoms with Crippen LogP contribution >= 0.6 is 0 Å². The maximum absolute atomic E-state index is 12.9. The van der Waals surface area contributed by atoms with Gasteiger partial charge >= 0.3 is 0 Å². The van der Waals surface area contributed by atoms with Crippen molar-refractivity contribution < 1.29 is 15.0 Å². The van der Waals surface area contributed by atoms with Crippen LogP contribution in [0.3, 0.4) is 0 Å². The lowest BCUT2D eigenvalue weighted by molar-refractivity contribution is 0.103. The molecule has 3 nitrogen and oxygen atoms in total. The summed E-state index contributed by atoms with van der Waals surface area (Å²) in [6.45, 7) is 2.26. The van der Waals surface area contributed by atoms with Crippen LogP contribution in [0.1, 0.15) is 112 Å². The van der Waals surface area contributed by atoms with Gasteiger partial charge in [0.2, 0.25) is 0 Å². The van der Waals surface area contributed by atoms with Crippen LogP contribution in [0.4, 0.5) is 0 Å². The first kappa shape index (κ1) is 25.0. The second kappa shape index (κ2) is 14.7. The molecule has 0 spiro atoms. The normalized spacial score (nSPS) is 11.0. The molecule has 0 bridgehead atoms. The Morgan fingerprint density at radius 2 is 1.19 bits per heavy atom. The van der Waals surface area contributed by atoms with E-state index in [1.54, 1.807) is 24.3 Å². The van der Waals surface area contributed by atoms with Gasteiger partial charge in [-0.1, -0.05) is 96.1 Å². The third-order valence-corrected chi connectivity index (χ3v) is 6.03. The standard InChI is InChI=1S/C28H40O3/c1-2-3-4-5-6-7-8-9-10-11-12-13-14-16-23-17-15-18-26(30)27(23)28(31)24-19-21-25(29)22-20-24/h15,17-22,29-30H,2-14,16H2,1H3. The Bertz CT molecular complexity index is 764. The predicted octanol–water partition coefficient (Wildman–Crippen LogP) is 7.96. The molecule has 0 unspecified atom stereocenters. The van der Waals surface area contributed by atoms with Crippen LogP contribution in [0.15, 0.2) is 42.5 Å². The van der Waals surface area contributed by atoms with Crippen molar-refractivity contribution in [2.45, 2.75) is 96.8 Å². The quantitative estimate of drug-likeness (QED) is 0.212. The Hall–Kier alpha value is -2.29. The number of ketones is 1. The first-order chi connectivity index (χ1) is 15.1. The fraction of sp³-hybridized carbons (Fsp3) is 0.536. The summed E-state index contributed by atoms with van der Waals surface area (Å²) in [6, 6.07) is 11.5. The third-order valence-electron chi connectivity index (χ3n) is 6.03. The van der Waals surface area contributed by atoms with Crippen LogP contribution in [0.25, 0.3) is 0 Å². The molecule has 0 radical (unpaired) electrons. The molecular formula is C28H40O3. The smallest absolute Gasteiger partial charge is 0.197 e. The highest BCUT2D eigenvalue weighted by atomic mass is 16.3.